The largest absolute Gasteiger partial charge is 0.294 e. The second kappa shape index (κ2) is 6.30. The molecule has 2 saturated carbocycles. The fourth-order valence-corrected chi connectivity index (χ4v) is 4.55. The van der Waals surface area contributed by atoms with E-state index >= 15 is 0 Å². The molecule has 2 aliphatic rings. The first-order valence-corrected chi connectivity index (χ1v) is 8.61. The maximum Gasteiger partial charge on any atom is 0.0460 e. The van der Waals surface area contributed by atoms with Crippen LogP contribution in [-0.2, 0) is 5.54 Å². The van der Waals surface area contributed by atoms with E-state index in [4.69, 9.17) is 0 Å². The van der Waals surface area contributed by atoms with Crippen LogP contribution in [0.1, 0.15) is 69.8 Å². The number of hydrogen-bond acceptors (Lipinski definition) is 1. The Morgan fingerprint density at radius 2 is 1.45 bits per heavy atom. The van der Waals surface area contributed by atoms with Gasteiger partial charge in [-0.3, -0.25) is 4.90 Å². The van der Waals surface area contributed by atoms with Crippen molar-refractivity contribution in [3.63, 3.8) is 0 Å². The molecule has 0 saturated heterocycles. The van der Waals surface area contributed by atoms with E-state index in [1.807, 2.05) is 0 Å². The summed E-state index contributed by atoms with van der Waals surface area (Å²) in [4.78, 5) is 2.78. The van der Waals surface area contributed by atoms with Gasteiger partial charge in [-0.1, -0.05) is 68.9 Å². The van der Waals surface area contributed by atoms with Gasteiger partial charge in [0.05, 0.1) is 0 Å². The van der Waals surface area contributed by atoms with Crippen LogP contribution in [0.25, 0.3) is 0 Å². The van der Waals surface area contributed by atoms with Crippen LogP contribution in [0, 0.1) is 0 Å². The van der Waals surface area contributed by atoms with Crippen LogP contribution in [0.4, 0.5) is 0 Å². The third-order valence-electron chi connectivity index (χ3n) is 5.79. The molecule has 3 rings (SSSR count). The van der Waals surface area contributed by atoms with Gasteiger partial charge in [-0.2, -0.15) is 0 Å². The Hall–Kier alpha value is -0.820. The molecule has 20 heavy (non-hydrogen) atoms. The highest BCUT2D eigenvalue weighted by atomic mass is 15.2. The number of hydrogen-bond donors (Lipinski definition) is 0. The summed E-state index contributed by atoms with van der Waals surface area (Å²) in [6, 6.07) is 12.1. The summed E-state index contributed by atoms with van der Waals surface area (Å²) >= 11 is 0. The molecule has 1 heteroatoms. The Balaban J connectivity index is 1.88. The van der Waals surface area contributed by atoms with Gasteiger partial charge in [-0.15, -0.1) is 0 Å². The molecule has 1 aromatic carbocycles. The first kappa shape index (κ1) is 14.1. The van der Waals surface area contributed by atoms with Gasteiger partial charge in [0.15, 0.2) is 0 Å². The molecule has 0 atom stereocenters. The monoisotopic (exact) mass is 271 g/mol. The molecule has 0 aromatic heterocycles. The van der Waals surface area contributed by atoms with Crippen molar-refractivity contribution < 1.29 is 0 Å². The van der Waals surface area contributed by atoms with E-state index in [2.05, 4.69) is 42.3 Å². The molecule has 0 radical (unpaired) electrons. The van der Waals surface area contributed by atoms with Gasteiger partial charge in [0.25, 0.3) is 0 Å². The highest BCUT2D eigenvalue weighted by Crippen LogP contribution is 2.44. The van der Waals surface area contributed by atoms with Crippen molar-refractivity contribution in [1.82, 2.24) is 4.90 Å². The number of nitrogens with zero attached hydrogens (tertiary/aromatic N) is 1. The van der Waals surface area contributed by atoms with Gasteiger partial charge in [0, 0.05) is 11.6 Å². The molecule has 0 aliphatic heterocycles. The van der Waals surface area contributed by atoms with E-state index in [0.29, 0.717) is 5.54 Å². The SMILES string of the molecule is CN(C1CCCCC1)C1(c2ccccc2)CCCCC1. The predicted octanol–water partition coefficient (Wildman–Crippen LogP) is 5.11. The first-order chi connectivity index (χ1) is 9.83. The Labute approximate surface area is 124 Å². The highest BCUT2D eigenvalue weighted by Gasteiger charge is 2.40. The summed E-state index contributed by atoms with van der Waals surface area (Å²) < 4.78 is 0. The van der Waals surface area contributed by atoms with Gasteiger partial charge in [0.2, 0.25) is 0 Å². The molecule has 0 heterocycles. The van der Waals surface area contributed by atoms with E-state index in [0.717, 1.165) is 6.04 Å². The summed E-state index contributed by atoms with van der Waals surface area (Å²) in [5, 5.41) is 0. The standard InChI is InChI=1S/C19H29N/c1-20(18-13-7-3-8-14-18)19(15-9-4-10-16-19)17-11-5-2-6-12-17/h2,5-6,11-12,18H,3-4,7-10,13-16H2,1H3. The van der Waals surface area contributed by atoms with Crippen molar-refractivity contribution in [2.75, 3.05) is 7.05 Å². The summed E-state index contributed by atoms with van der Waals surface area (Å²) in [6.45, 7) is 0. The third kappa shape index (κ3) is 2.65. The van der Waals surface area contributed by atoms with Crippen LogP contribution in [0.2, 0.25) is 0 Å². The second-order valence-electron chi connectivity index (χ2n) is 6.86. The number of benzene rings is 1. The van der Waals surface area contributed by atoms with Gasteiger partial charge in [-0.25, -0.2) is 0 Å². The molecular weight excluding hydrogens is 242 g/mol. The molecule has 110 valence electrons. The van der Waals surface area contributed by atoms with E-state index < -0.39 is 0 Å². The van der Waals surface area contributed by atoms with Crippen molar-refractivity contribution in [3.8, 4) is 0 Å². The van der Waals surface area contributed by atoms with Gasteiger partial charge < -0.3 is 0 Å². The van der Waals surface area contributed by atoms with E-state index in [9.17, 15) is 0 Å². The lowest BCUT2D eigenvalue weighted by Crippen LogP contribution is -2.50. The molecule has 0 unspecified atom stereocenters. The van der Waals surface area contributed by atoms with Crippen LogP contribution < -0.4 is 0 Å². The van der Waals surface area contributed by atoms with E-state index in [-0.39, 0.29) is 0 Å². The minimum atomic E-state index is 0.321. The molecule has 0 N–H and O–H groups in total. The van der Waals surface area contributed by atoms with Gasteiger partial charge in [0.1, 0.15) is 0 Å². The summed E-state index contributed by atoms with van der Waals surface area (Å²) in [5.41, 5.74) is 1.88. The van der Waals surface area contributed by atoms with Crippen LogP contribution >= 0.6 is 0 Å². The van der Waals surface area contributed by atoms with Crippen molar-refractivity contribution in [3.05, 3.63) is 35.9 Å². The molecule has 0 spiro atoms. The van der Waals surface area contributed by atoms with Crippen LogP contribution in [-0.4, -0.2) is 18.0 Å². The van der Waals surface area contributed by atoms with Crippen molar-refractivity contribution >= 4 is 0 Å². The van der Waals surface area contributed by atoms with Crippen molar-refractivity contribution in [2.24, 2.45) is 0 Å². The molecule has 1 nitrogen and oxygen atoms in total. The summed E-state index contributed by atoms with van der Waals surface area (Å²) in [6.07, 6.45) is 14.0. The smallest absolute Gasteiger partial charge is 0.0460 e. The number of rotatable bonds is 3. The lowest BCUT2D eigenvalue weighted by atomic mass is 9.74. The zero-order valence-corrected chi connectivity index (χ0v) is 13.0. The minimum absolute atomic E-state index is 0.321. The fourth-order valence-electron chi connectivity index (χ4n) is 4.55. The first-order valence-electron chi connectivity index (χ1n) is 8.61. The van der Waals surface area contributed by atoms with Crippen molar-refractivity contribution in [2.45, 2.75) is 75.8 Å². The Kier molecular flexibility index (Phi) is 4.45. The van der Waals surface area contributed by atoms with Gasteiger partial charge >= 0.3 is 0 Å². The third-order valence-corrected chi connectivity index (χ3v) is 5.79. The van der Waals surface area contributed by atoms with E-state index in [1.165, 1.54) is 64.2 Å². The molecular formula is C19H29N. The normalized spacial score (nSPS) is 23.9. The van der Waals surface area contributed by atoms with Crippen LogP contribution in [0.15, 0.2) is 30.3 Å². The Bertz CT molecular complexity index is 399. The highest BCUT2D eigenvalue weighted by molar-refractivity contribution is 5.25. The Morgan fingerprint density at radius 3 is 2.10 bits per heavy atom. The van der Waals surface area contributed by atoms with E-state index in [1.54, 1.807) is 5.56 Å². The molecule has 1 aromatic rings. The zero-order valence-electron chi connectivity index (χ0n) is 13.0. The predicted molar refractivity (Wildman–Crippen MR) is 85.8 cm³/mol. The zero-order chi connectivity index (χ0) is 13.8. The molecule has 0 bridgehead atoms. The quantitative estimate of drug-likeness (QED) is 0.738. The average molecular weight is 271 g/mol. The average Bonchev–Trinajstić information content (AvgIpc) is 2.56. The maximum absolute atomic E-state index is 2.78. The van der Waals surface area contributed by atoms with Crippen LogP contribution in [0.5, 0.6) is 0 Å². The summed E-state index contributed by atoms with van der Waals surface area (Å²) in [5.74, 6) is 0. The van der Waals surface area contributed by atoms with Crippen molar-refractivity contribution in [1.29, 1.82) is 0 Å². The lowest BCUT2D eigenvalue weighted by Gasteiger charge is -2.49. The topological polar surface area (TPSA) is 3.24 Å². The minimum Gasteiger partial charge on any atom is -0.294 e. The Morgan fingerprint density at radius 1 is 0.850 bits per heavy atom. The second-order valence-corrected chi connectivity index (χ2v) is 6.86. The molecule has 0 amide bonds. The molecule has 2 fully saturated rings. The van der Waals surface area contributed by atoms with Gasteiger partial charge in [-0.05, 0) is 38.3 Å². The fraction of sp³-hybridized carbons (Fsp3) is 0.684. The molecule has 2 aliphatic carbocycles. The maximum atomic E-state index is 2.78. The summed E-state index contributed by atoms with van der Waals surface area (Å²) in [7, 11) is 2.41. The lowest BCUT2D eigenvalue weighted by molar-refractivity contribution is 0.0190. The van der Waals surface area contributed by atoms with Crippen LogP contribution in [0.3, 0.4) is 0 Å².